The molecule has 16 heavy (non-hydrogen) atoms. The Bertz CT molecular complexity index is 357. The Balaban J connectivity index is 2.04. The maximum atomic E-state index is 5.56. The largest absolute Gasteiger partial charge is 0.467 e. The van der Waals surface area contributed by atoms with E-state index in [4.69, 9.17) is 15.2 Å². The van der Waals surface area contributed by atoms with Gasteiger partial charge in [0.05, 0.1) is 7.11 Å². The van der Waals surface area contributed by atoms with Crippen molar-refractivity contribution in [1.82, 2.24) is 15.0 Å². The minimum Gasteiger partial charge on any atom is -0.467 e. The number of methoxy groups -OCH3 is 1. The number of thioether (sulfide) groups is 1. The van der Waals surface area contributed by atoms with Gasteiger partial charge in [-0.2, -0.15) is 15.0 Å². The third-order valence-corrected chi connectivity index (χ3v) is 3.43. The van der Waals surface area contributed by atoms with Crippen molar-refractivity contribution in [3.63, 3.8) is 0 Å². The second-order valence-corrected chi connectivity index (χ2v) is 4.66. The average Bonchev–Trinajstić information content (AvgIpc) is 2.29. The van der Waals surface area contributed by atoms with Crippen LogP contribution in [0.25, 0.3) is 0 Å². The molecule has 2 N–H and O–H groups in total. The lowest BCUT2D eigenvalue weighted by molar-refractivity contribution is 0.1000. The van der Waals surface area contributed by atoms with Crippen molar-refractivity contribution >= 4 is 17.7 Å². The van der Waals surface area contributed by atoms with Crippen LogP contribution in [0.3, 0.4) is 0 Å². The molecular formula is C9H14N4O2S. The summed E-state index contributed by atoms with van der Waals surface area (Å²) in [5.74, 6) is 0.196. The van der Waals surface area contributed by atoms with Crippen LogP contribution in [0.5, 0.6) is 6.01 Å². The van der Waals surface area contributed by atoms with Gasteiger partial charge in [-0.25, -0.2) is 0 Å². The van der Waals surface area contributed by atoms with Crippen molar-refractivity contribution in [2.75, 3.05) is 26.1 Å². The first-order valence-electron chi connectivity index (χ1n) is 5.08. The minimum absolute atomic E-state index is 0.196. The van der Waals surface area contributed by atoms with E-state index in [1.165, 1.54) is 7.11 Å². The Labute approximate surface area is 98.0 Å². The van der Waals surface area contributed by atoms with E-state index in [9.17, 15) is 0 Å². The van der Waals surface area contributed by atoms with Crippen LogP contribution >= 0.6 is 11.8 Å². The van der Waals surface area contributed by atoms with Gasteiger partial charge in [-0.1, -0.05) is 11.8 Å². The fraction of sp³-hybridized carbons (Fsp3) is 0.667. The quantitative estimate of drug-likeness (QED) is 0.836. The molecule has 0 atom stereocenters. The second kappa shape index (κ2) is 5.31. The summed E-state index contributed by atoms with van der Waals surface area (Å²) < 4.78 is 10.2. The highest BCUT2D eigenvalue weighted by molar-refractivity contribution is 7.99. The number of ether oxygens (including phenoxy) is 2. The Kier molecular flexibility index (Phi) is 3.79. The molecular weight excluding hydrogens is 228 g/mol. The number of hydrogen-bond donors (Lipinski definition) is 1. The first-order chi connectivity index (χ1) is 7.78. The van der Waals surface area contributed by atoms with Gasteiger partial charge < -0.3 is 15.2 Å². The van der Waals surface area contributed by atoms with Crippen molar-refractivity contribution in [1.29, 1.82) is 0 Å². The molecule has 0 amide bonds. The van der Waals surface area contributed by atoms with Crippen LogP contribution < -0.4 is 10.5 Å². The van der Waals surface area contributed by atoms with E-state index in [1.807, 2.05) is 0 Å². The molecule has 2 heterocycles. The van der Waals surface area contributed by atoms with Crippen LogP contribution in [0.4, 0.5) is 5.95 Å². The SMILES string of the molecule is COc1nc(N)nc(SC2CCOCC2)n1. The van der Waals surface area contributed by atoms with Crippen LogP contribution in [0, 0.1) is 0 Å². The normalized spacial score (nSPS) is 17.3. The fourth-order valence-electron chi connectivity index (χ4n) is 1.44. The summed E-state index contributed by atoms with van der Waals surface area (Å²) in [6.07, 6.45) is 2.02. The van der Waals surface area contributed by atoms with Crippen molar-refractivity contribution in [3.8, 4) is 6.01 Å². The summed E-state index contributed by atoms with van der Waals surface area (Å²) in [4.78, 5) is 12.1. The van der Waals surface area contributed by atoms with Crippen molar-refractivity contribution in [2.45, 2.75) is 23.2 Å². The van der Waals surface area contributed by atoms with Crippen LogP contribution in [-0.4, -0.2) is 40.5 Å². The standard InChI is InChI=1S/C9H14N4O2S/c1-14-8-11-7(10)12-9(13-8)16-6-2-4-15-5-3-6/h6H,2-5H2,1H3,(H2,10,11,12,13). The minimum atomic E-state index is 0.196. The van der Waals surface area contributed by atoms with E-state index >= 15 is 0 Å². The van der Waals surface area contributed by atoms with Gasteiger partial charge in [-0.05, 0) is 12.8 Å². The van der Waals surface area contributed by atoms with E-state index in [2.05, 4.69) is 15.0 Å². The molecule has 0 unspecified atom stereocenters. The number of rotatable bonds is 3. The highest BCUT2D eigenvalue weighted by atomic mass is 32.2. The first kappa shape index (κ1) is 11.4. The van der Waals surface area contributed by atoms with Crippen LogP contribution in [0.15, 0.2) is 5.16 Å². The van der Waals surface area contributed by atoms with Gasteiger partial charge in [0.25, 0.3) is 0 Å². The molecule has 1 fully saturated rings. The summed E-state index contributed by atoms with van der Waals surface area (Å²) in [5.41, 5.74) is 5.56. The lowest BCUT2D eigenvalue weighted by atomic mass is 10.2. The summed E-state index contributed by atoms with van der Waals surface area (Å²) in [6, 6.07) is 0.266. The summed E-state index contributed by atoms with van der Waals surface area (Å²) in [6.45, 7) is 1.60. The summed E-state index contributed by atoms with van der Waals surface area (Å²) >= 11 is 1.61. The van der Waals surface area contributed by atoms with Crippen LogP contribution in [0.2, 0.25) is 0 Å². The molecule has 0 saturated carbocycles. The van der Waals surface area contributed by atoms with Gasteiger partial charge in [0.2, 0.25) is 5.95 Å². The second-order valence-electron chi connectivity index (χ2n) is 3.39. The van der Waals surface area contributed by atoms with Crippen LogP contribution in [0.1, 0.15) is 12.8 Å². The van der Waals surface area contributed by atoms with Crippen LogP contribution in [-0.2, 0) is 4.74 Å². The zero-order chi connectivity index (χ0) is 11.4. The molecule has 1 aromatic heterocycles. The molecule has 1 aromatic rings. The zero-order valence-corrected chi connectivity index (χ0v) is 9.87. The first-order valence-corrected chi connectivity index (χ1v) is 5.96. The number of nitrogens with zero attached hydrogens (tertiary/aromatic N) is 3. The van der Waals surface area contributed by atoms with E-state index < -0.39 is 0 Å². The third kappa shape index (κ3) is 2.96. The molecule has 88 valence electrons. The maximum Gasteiger partial charge on any atom is 0.321 e. The average molecular weight is 242 g/mol. The topological polar surface area (TPSA) is 83.2 Å². The number of aromatic nitrogens is 3. The molecule has 0 bridgehead atoms. The lowest BCUT2D eigenvalue weighted by Gasteiger charge is -2.20. The number of anilines is 1. The smallest absolute Gasteiger partial charge is 0.321 e. The van der Waals surface area contributed by atoms with Crippen molar-refractivity contribution in [3.05, 3.63) is 0 Å². The fourth-order valence-corrected chi connectivity index (χ4v) is 2.44. The Morgan fingerprint density at radius 3 is 2.75 bits per heavy atom. The molecule has 2 rings (SSSR count). The van der Waals surface area contributed by atoms with Gasteiger partial charge >= 0.3 is 6.01 Å². The Morgan fingerprint density at radius 1 is 1.31 bits per heavy atom. The number of nitrogens with two attached hydrogens (primary N) is 1. The van der Waals surface area contributed by atoms with Gasteiger partial charge in [0, 0.05) is 18.5 Å². The molecule has 0 radical (unpaired) electrons. The predicted octanol–water partition coefficient (Wildman–Crippen LogP) is 0.733. The number of nitrogen functional groups attached to an aromatic ring is 1. The number of hydrogen-bond acceptors (Lipinski definition) is 7. The van der Waals surface area contributed by atoms with E-state index in [0.717, 1.165) is 26.1 Å². The summed E-state index contributed by atoms with van der Waals surface area (Å²) in [5, 5.41) is 1.11. The lowest BCUT2D eigenvalue weighted by Crippen LogP contribution is -2.18. The van der Waals surface area contributed by atoms with Gasteiger partial charge in [-0.3, -0.25) is 0 Å². The monoisotopic (exact) mass is 242 g/mol. The Hall–Kier alpha value is -1.08. The molecule has 6 nitrogen and oxygen atoms in total. The zero-order valence-electron chi connectivity index (χ0n) is 9.05. The predicted molar refractivity (Wildman–Crippen MR) is 60.5 cm³/mol. The Morgan fingerprint density at radius 2 is 2.06 bits per heavy atom. The highest BCUT2D eigenvalue weighted by Crippen LogP contribution is 2.28. The summed E-state index contributed by atoms with van der Waals surface area (Å²) in [7, 11) is 1.51. The van der Waals surface area contributed by atoms with E-state index in [0.29, 0.717) is 10.4 Å². The van der Waals surface area contributed by atoms with Gasteiger partial charge in [-0.15, -0.1) is 0 Å². The van der Waals surface area contributed by atoms with Crippen molar-refractivity contribution in [2.24, 2.45) is 0 Å². The molecule has 0 aromatic carbocycles. The highest BCUT2D eigenvalue weighted by Gasteiger charge is 2.17. The van der Waals surface area contributed by atoms with E-state index in [1.54, 1.807) is 11.8 Å². The van der Waals surface area contributed by atoms with Gasteiger partial charge in [0.1, 0.15) is 0 Å². The van der Waals surface area contributed by atoms with Crippen molar-refractivity contribution < 1.29 is 9.47 Å². The molecule has 0 spiro atoms. The molecule has 1 saturated heterocycles. The van der Waals surface area contributed by atoms with Gasteiger partial charge in [0.15, 0.2) is 5.16 Å². The maximum absolute atomic E-state index is 5.56. The third-order valence-electron chi connectivity index (χ3n) is 2.23. The molecule has 1 aliphatic rings. The molecule has 0 aliphatic carbocycles. The van der Waals surface area contributed by atoms with E-state index in [-0.39, 0.29) is 12.0 Å². The molecule has 7 heteroatoms. The molecule has 1 aliphatic heterocycles.